The van der Waals surface area contributed by atoms with Gasteiger partial charge in [-0.2, -0.15) is 5.48 Å². The van der Waals surface area contributed by atoms with Crippen LogP contribution < -0.4 is 5.48 Å². The normalized spacial score (nSPS) is 9.38. The second-order valence-corrected chi connectivity index (χ2v) is 2.42. The molecule has 0 spiro atoms. The average molecular weight is 187 g/mol. The zero-order valence-electron chi connectivity index (χ0n) is 7.75. The molecule has 0 atom stereocenters. The van der Waals surface area contributed by atoms with Gasteiger partial charge >= 0.3 is 5.97 Å². The Kier molecular flexibility index (Phi) is 5.75. The molecule has 0 saturated carbocycles. The third-order valence-electron chi connectivity index (χ3n) is 1.13. The molecule has 0 unspecified atom stereocenters. The number of hydrogen-bond donors (Lipinski definition) is 1. The van der Waals surface area contributed by atoms with E-state index in [1.54, 1.807) is 0 Å². The minimum absolute atomic E-state index is 0.0139. The van der Waals surface area contributed by atoms with Crippen LogP contribution in [0.5, 0.6) is 0 Å². The number of rotatable bonds is 6. The Bertz CT molecular complexity index is 212. The van der Waals surface area contributed by atoms with Crippen LogP contribution in [0.1, 0.15) is 6.92 Å². The maximum absolute atomic E-state index is 10.9. The molecule has 5 nitrogen and oxygen atoms in total. The van der Waals surface area contributed by atoms with Gasteiger partial charge in [0.05, 0.1) is 13.7 Å². The van der Waals surface area contributed by atoms with Gasteiger partial charge < -0.3 is 9.57 Å². The summed E-state index contributed by atoms with van der Waals surface area (Å²) in [6, 6.07) is 0. The minimum Gasteiger partial charge on any atom is -0.454 e. The highest BCUT2D eigenvalue weighted by Crippen LogP contribution is 1.91. The molecule has 0 aliphatic rings. The van der Waals surface area contributed by atoms with Gasteiger partial charge in [0.15, 0.2) is 12.4 Å². The van der Waals surface area contributed by atoms with Crippen LogP contribution in [0.2, 0.25) is 0 Å². The van der Waals surface area contributed by atoms with Gasteiger partial charge in [0.2, 0.25) is 0 Å². The second-order valence-electron chi connectivity index (χ2n) is 2.42. The molecule has 0 aliphatic heterocycles. The monoisotopic (exact) mass is 187 g/mol. The predicted octanol–water partition coefficient (Wildman–Crippen LogP) is -0.174. The molecule has 0 aromatic carbocycles. The van der Waals surface area contributed by atoms with Gasteiger partial charge in [0, 0.05) is 5.57 Å². The second kappa shape index (κ2) is 6.33. The fourth-order valence-electron chi connectivity index (χ4n) is 0.473. The van der Waals surface area contributed by atoms with Crippen molar-refractivity contribution in [3.63, 3.8) is 0 Å². The molecule has 0 fully saturated rings. The molecule has 1 N–H and O–H groups in total. The molecule has 5 heteroatoms. The maximum Gasteiger partial charge on any atom is 0.333 e. The third-order valence-corrected chi connectivity index (χ3v) is 1.13. The molecule has 0 aromatic rings. The highest BCUT2D eigenvalue weighted by atomic mass is 16.6. The summed E-state index contributed by atoms with van der Waals surface area (Å²) in [5.74, 6) is -0.831. The van der Waals surface area contributed by atoms with Crippen molar-refractivity contribution in [1.82, 2.24) is 5.48 Å². The van der Waals surface area contributed by atoms with E-state index in [0.29, 0.717) is 0 Å². The van der Waals surface area contributed by atoms with Gasteiger partial charge in [-0.1, -0.05) is 6.58 Å². The lowest BCUT2D eigenvalue weighted by molar-refractivity contribution is -0.144. The number of carbonyl (C=O) groups is 2. The van der Waals surface area contributed by atoms with Crippen LogP contribution >= 0.6 is 0 Å². The van der Waals surface area contributed by atoms with Gasteiger partial charge in [-0.05, 0) is 6.92 Å². The van der Waals surface area contributed by atoms with Crippen molar-refractivity contribution < 1.29 is 19.2 Å². The maximum atomic E-state index is 10.9. The van der Waals surface area contributed by atoms with Gasteiger partial charge in [-0.3, -0.25) is 4.79 Å². The Morgan fingerprint density at radius 3 is 2.54 bits per heavy atom. The number of hydrogen-bond acceptors (Lipinski definition) is 5. The quantitative estimate of drug-likeness (QED) is 0.355. The smallest absolute Gasteiger partial charge is 0.333 e. The number of carbonyl (C=O) groups excluding carboxylic acids is 2. The largest absolute Gasteiger partial charge is 0.454 e. The molecule has 0 rings (SSSR count). The summed E-state index contributed by atoms with van der Waals surface area (Å²) < 4.78 is 4.58. The molecular formula is C8H13NO4. The molecule has 13 heavy (non-hydrogen) atoms. The van der Waals surface area contributed by atoms with E-state index >= 15 is 0 Å². The van der Waals surface area contributed by atoms with Gasteiger partial charge in [-0.25, -0.2) is 4.79 Å². The van der Waals surface area contributed by atoms with Crippen LogP contribution in [-0.2, 0) is 19.2 Å². The van der Waals surface area contributed by atoms with E-state index in [4.69, 9.17) is 0 Å². The molecule has 0 amide bonds. The molecule has 0 heterocycles. The summed E-state index contributed by atoms with van der Waals surface area (Å²) >= 11 is 0. The van der Waals surface area contributed by atoms with Crippen molar-refractivity contribution in [3.8, 4) is 0 Å². The summed E-state index contributed by atoms with van der Waals surface area (Å²) in [6.45, 7) is 4.64. The van der Waals surface area contributed by atoms with Crippen LogP contribution in [0.15, 0.2) is 12.2 Å². The van der Waals surface area contributed by atoms with Crippen molar-refractivity contribution >= 4 is 11.8 Å². The number of ether oxygens (including phenoxy) is 1. The number of nitrogens with one attached hydrogen (secondary N) is 1. The standard InChI is InChI=1S/C8H13NO4/c1-6(2)8(11)13-5-7(10)4-9-12-3/h9H,1,4-5H2,2-3H3. The fraction of sp³-hybridized carbons (Fsp3) is 0.500. The van der Waals surface area contributed by atoms with Crippen molar-refractivity contribution in [1.29, 1.82) is 0 Å². The Balaban J connectivity index is 3.58. The van der Waals surface area contributed by atoms with Gasteiger partial charge in [0.1, 0.15) is 0 Å². The minimum atomic E-state index is -0.564. The molecular weight excluding hydrogens is 174 g/mol. The van der Waals surface area contributed by atoms with Crippen LogP contribution in [0.25, 0.3) is 0 Å². The number of Topliss-reactive ketones (excluding diaryl/α,β-unsaturated/α-hetero) is 1. The lowest BCUT2D eigenvalue weighted by Gasteiger charge is -2.03. The summed E-state index contributed by atoms with van der Waals surface area (Å²) in [6.07, 6.45) is 0. The Hall–Kier alpha value is -1.20. The highest BCUT2D eigenvalue weighted by Gasteiger charge is 2.07. The third kappa shape index (κ3) is 6.01. The first kappa shape index (κ1) is 11.8. The predicted molar refractivity (Wildman–Crippen MR) is 45.8 cm³/mol. The zero-order valence-corrected chi connectivity index (χ0v) is 7.75. The SMILES string of the molecule is C=C(C)C(=O)OCC(=O)CNOC. The summed E-state index contributed by atoms with van der Waals surface area (Å²) in [5, 5.41) is 0. The van der Waals surface area contributed by atoms with Crippen molar-refractivity contribution in [2.75, 3.05) is 20.3 Å². The first-order valence-electron chi connectivity index (χ1n) is 3.68. The summed E-state index contributed by atoms with van der Waals surface area (Å²) in [7, 11) is 1.40. The van der Waals surface area contributed by atoms with Crippen LogP contribution in [0.4, 0.5) is 0 Å². The van der Waals surface area contributed by atoms with Crippen molar-refractivity contribution in [2.45, 2.75) is 6.92 Å². The number of hydroxylamine groups is 1. The summed E-state index contributed by atoms with van der Waals surface area (Å²) in [5.41, 5.74) is 2.61. The molecule has 74 valence electrons. The first-order valence-corrected chi connectivity index (χ1v) is 3.68. The van der Waals surface area contributed by atoms with Crippen LogP contribution in [0.3, 0.4) is 0 Å². The average Bonchev–Trinajstić information content (AvgIpc) is 2.10. The van der Waals surface area contributed by atoms with Gasteiger partial charge in [-0.15, -0.1) is 0 Å². The van der Waals surface area contributed by atoms with E-state index < -0.39 is 5.97 Å². The summed E-state index contributed by atoms with van der Waals surface area (Å²) in [4.78, 5) is 26.1. The fourth-order valence-corrected chi connectivity index (χ4v) is 0.473. The topological polar surface area (TPSA) is 64.6 Å². The van der Waals surface area contributed by atoms with Crippen LogP contribution in [-0.4, -0.2) is 32.0 Å². The Morgan fingerprint density at radius 1 is 1.46 bits per heavy atom. The lowest BCUT2D eigenvalue weighted by Crippen LogP contribution is -2.26. The first-order chi connectivity index (χ1) is 6.07. The zero-order chi connectivity index (χ0) is 10.3. The lowest BCUT2D eigenvalue weighted by atomic mass is 10.3. The van der Waals surface area contributed by atoms with E-state index in [0.717, 1.165) is 0 Å². The molecule has 0 radical (unpaired) electrons. The van der Waals surface area contributed by atoms with E-state index in [1.165, 1.54) is 14.0 Å². The molecule has 0 saturated heterocycles. The number of esters is 1. The molecule has 0 bridgehead atoms. The van der Waals surface area contributed by atoms with E-state index in [2.05, 4.69) is 21.6 Å². The molecule has 0 aromatic heterocycles. The Labute approximate surface area is 76.7 Å². The Morgan fingerprint density at radius 2 is 2.08 bits per heavy atom. The highest BCUT2D eigenvalue weighted by molar-refractivity contribution is 5.90. The van der Waals surface area contributed by atoms with Crippen LogP contribution in [0, 0.1) is 0 Å². The van der Waals surface area contributed by atoms with E-state index in [9.17, 15) is 9.59 Å². The van der Waals surface area contributed by atoms with Gasteiger partial charge in [0.25, 0.3) is 0 Å². The van der Waals surface area contributed by atoms with E-state index in [-0.39, 0.29) is 24.5 Å². The number of ketones is 1. The van der Waals surface area contributed by atoms with Crippen molar-refractivity contribution in [2.24, 2.45) is 0 Å². The van der Waals surface area contributed by atoms with Crippen molar-refractivity contribution in [3.05, 3.63) is 12.2 Å². The molecule has 0 aliphatic carbocycles. The van der Waals surface area contributed by atoms with E-state index in [1.807, 2.05) is 0 Å².